The largest absolute Gasteiger partial charge is 0.462 e. The van der Waals surface area contributed by atoms with Crippen LogP contribution in [0.5, 0.6) is 0 Å². The minimum atomic E-state index is -0.309. The van der Waals surface area contributed by atoms with Crippen molar-refractivity contribution in [3.63, 3.8) is 0 Å². The molecule has 0 atom stereocenters. The number of hydrogen-bond donors (Lipinski definition) is 0. The summed E-state index contributed by atoms with van der Waals surface area (Å²) in [4.78, 5) is 29.2. The Morgan fingerprint density at radius 1 is 1.33 bits per heavy atom. The van der Waals surface area contributed by atoms with Gasteiger partial charge in [0.15, 0.2) is 5.16 Å². The third-order valence-corrected chi connectivity index (χ3v) is 4.56. The number of carbonyl (C=O) groups is 1. The van der Waals surface area contributed by atoms with Crippen molar-refractivity contribution in [1.29, 1.82) is 0 Å². The zero-order valence-electron chi connectivity index (χ0n) is 14.2. The molecule has 0 radical (unpaired) electrons. The Kier molecular flexibility index (Phi) is 6.46. The van der Waals surface area contributed by atoms with E-state index in [1.54, 1.807) is 16.7 Å². The Hall–Kier alpha value is -1.34. The van der Waals surface area contributed by atoms with Gasteiger partial charge in [-0.25, -0.2) is 4.98 Å². The molecule has 0 fully saturated rings. The van der Waals surface area contributed by atoms with Crippen LogP contribution in [0.3, 0.4) is 0 Å². The minimum Gasteiger partial charge on any atom is -0.462 e. The Bertz CT molecular complexity index is 802. The highest BCUT2D eigenvalue weighted by atomic mass is 79.9. The lowest BCUT2D eigenvalue weighted by molar-refractivity contribution is -0.144. The van der Waals surface area contributed by atoms with Crippen molar-refractivity contribution < 1.29 is 9.53 Å². The first kappa shape index (κ1) is 19.0. The minimum absolute atomic E-state index is 0.0882. The third-order valence-electron chi connectivity index (χ3n) is 3.12. The van der Waals surface area contributed by atoms with E-state index in [1.165, 1.54) is 11.8 Å². The molecule has 0 unspecified atom stereocenters. The van der Waals surface area contributed by atoms with Crippen molar-refractivity contribution in [3.8, 4) is 0 Å². The van der Waals surface area contributed by atoms with Crippen LogP contribution in [-0.2, 0) is 16.1 Å². The van der Waals surface area contributed by atoms with E-state index >= 15 is 0 Å². The number of halogens is 1. The van der Waals surface area contributed by atoms with Crippen molar-refractivity contribution in [3.05, 3.63) is 33.0 Å². The molecule has 1 aromatic heterocycles. The van der Waals surface area contributed by atoms with Crippen LogP contribution in [0.15, 0.2) is 32.6 Å². The maximum atomic E-state index is 12.8. The Balaban J connectivity index is 2.41. The van der Waals surface area contributed by atoms with Crippen LogP contribution in [0, 0.1) is 5.92 Å². The van der Waals surface area contributed by atoms with Gasteiger partial charge in [0.1, 0.15) is 0 Å². The summed E-state index contributed by atoms with van der Waals surface area (Å²) in [6.07, 6.45) is -0.155. The number of fused-ring (bicyclic) bond motifs is 1. The van der Waals surface area contributed by atoms with E-state index in [-0.39, 0.29) is 29.3 Å². The maximum absolute atomic E-state index is 12.8. The first-order valence-electron chi connectivity index (χ1n) is 7.80. The molecule has 5 nitrogen and oxygen atoms in total. The number of hydrogen-bond acceptors (Lipinski definition) is 5. The van der Waals surface area contributed by atoms with Crippen LogP contribution < -0.4 is 5.56 Å². The lowest BCUT2D eigenvalue weighted by atomic mass is 10.2. The normalized spacial score (nSPS) is 11.5. The van der Waals surface area contributed by atoms with Crippen LogP contribution in [0.1, 0.15) is 27.7 Å². The summed E-state index contributed by atoms with van der Waals surface area (Å²) in [5.41, 5.74) is 0.539. The number of esters is 1. The highest BCUT2D eigenvalue weighted by Gasteiger charge is 2.15. The molecule has 130 valence electrons. The SMILES string of the molecule is CC(C)Cn1c(SCC(=O)OC(C)C)nc2ccc(Br)cc2c1=O. The number of ether oxygens (including phenoxy) is 1. The molecule has 0 saturated heterocycles. The lowest BCUT2D eigenvalue weighted by Crippen LogP contribution is -2.26. The Labute approximate surface area is 153 Å². The molecule has 0 aliphatic rings. The van der Waals surface area contributed by atoms with Gasteiger partial charge in [-0.15, -0.1) is 0 Å². The number of aromatic nitrogens is 2. The smallest absolute Gasteiger partial charge is 0.316 e. The molecule has 0 bridgehead atoms. The second kappa shape index (κ2) is 8.16. The van der Waals surface area contributed by atoms with Crippen LogP contribution in [0.25, 0.3) is 10.9 Å². The van der Waals surface area contributed by atoms with Crippen molar-refractivity contribution in [2.24, 2.45) is 5.92 Å². The van der Waals surface area contributed by atoms with E-state index in [0.717, 1.165) is 4.47 Å². The first-order valence-corrected chi connectivity index (χ1v) is 9.58. The summed E-state index contributed by atoms with van der Waals surface area (Å²) in [5.74, 6) is 0.109. The summed E-state index contributed by atoms with van der Waals surface area (Å²) in [7, 11) is 0. The average molecular weight is 413 g/mol. The van der Waals surface area contributed by atoms with Gasteiger partial charge in [-0.05, 0) is 38.0 Å². The van der Waals surface area contributed by atoms with Crippen LogP contribution in [0.4, 0.5) is 0 Å². The predicted molar refractivity (Wildman–Crippen MR) is 100 cm³/mol. The van der Waals surface area contributed by atoms with Crippen molar-refractivity contribution >= 4 is 44.6 Å². The van der Waals surface area contributed by atoms with Crippen LogP contribution in [-0.4, -0.2) is 27.4 Å². The van der Waals surface area contributed by atoms with E-state index in [9.17, 15) is 9.59 Å². The van der Waals surface area contributed by atoms with Crippen molar-refractivity contribution in [2.75, 3.05) is 5.75 Å². The van der Waals surface area contributed by atoms with E-state index in [1.807, 2.05) is 33.8 Å². The summed E-state index contributed by atoms with van der Waals surface area (Å²) < 4.78 is 7.63. The van der Waals surface area contributed by atoms with E-state index < -0.39 is 0 Å². The summed E-state index contributed by atoms with van der Waals surface area (Å²) in [6, 6.07) is 5.43. The summed E-state index contributed by atoms with van der Waals surface area (Å²) in [5, 5.41) is 1.11. The standard InChI is InChI=1S/C17H21BrN2O3S/c1-10(2)8-20-16(22)13-7-12(18)5-6-14(13)19-17(20)24-9-15(21)23-11(3)4/h5-7,10-11H,8-9H2,1-4H3. The Morgan fingerprint density at radius 3 is 2.67 bits per heavy atom. The van der Waals surface area contributed by atoms with Crippen LogP contribution >= 0.6 is 27.7 Å². The van der Waals surface area contributed by atoms with E-state index in [2.05, 4.69) is 20.9 Å². The Morgan fingerprint density at radius 2 is 2.04 bits per heavy atom. The molecule has 0 N–H and O–H groups in total. The third kappa shape index (κ3) is 4.83. The molecule has 7 heteroatoms. The predicted octanol–water partition coefficient (Wildman–Crippen LogP) is 3.86. The number of thioether (sulfide) groups is 1. The molecule has 0 amide bonds. The number of benzene rings is 1. The van der Waals surface area contributed by atoms with Gasteiger partial charge >= 0.3 is 5.97 Å². The molecule has 2 aromatic rings. The summed E-state index contributed by atoms with van der Waals surface area (Å²) >= 11 is 4.63. The zero-order valence-corrected chi connectivity index (χ0v) is 16.6. The molecule has 0 aliphatic heterocycles. The van der Waals surface area contributed by atoms with Crippen molar-refractivity contribution in [2.45, 2.75) is 45.5 Å². The number of carbonyl (C=O) groups excluding carboxylic acids is 1. The van der Waals surface area contributed by atoms with E-state index in [4.69, 9.17) is 4.74 Å². The van der Waals surface area contributed by atoms with E-state index in [0.29, 0.717) is 22.6 Å². The maximum Gasteiger partial charge on any atom is 0.316 e. The number of rotatable bonds is 6. The molecule has 24 heavy (non-hydrogen) atoms. The fourth-order valence-corrected chi connectivity index (χ4v) is 3.38. The number of nitrogens with zero attached hydrogens (tertiary/aromatic N) is 2. The van der Waals surface area contributed by atoms with Gasteiger partial charge in [0.05, 0.1) is 22.8 Å². The quantitative estimate of drug-likeness (QED) is 0.409. The fraction of sp³-hybridized carbons (Fsp3) is 0.471. The van der Waals surface area contributed by atoms with Gasteiger partial charge in [0.2, 0.25) is 0 Å². The van der Waals surface area contributed by atoms with Gasteiger partial charge in [-0.2, -0.15) is 0 Å². The average Bonchev–Trinajstić information content (AvgIpc) is 2.48. The highest BCUT2D eigenvalue weighted by Crippen LogP contribution is 2.21. The zero-order chi connectivity index (χ0) is 17.9. The van der Waals surface area contributed by atoms with Gasteiger partial charge < -0.3 is 4.74 Å². The van der Waals surface area contributed by atoms with Crippen molar-refractivity contribution in [1.82, 2.24) is 9.55 Å². The molecule has 1 heterocycles. The lowest BCUT2D eigenvalue weighted by Gasteiger charge is -2.15. The van der Waals surface area contributed by atoms with Gasteiger partial charge in [-0.1, -0.05) is 41.5 Å². The monoisotopic (exact) mass is 412 g/mol. The van der Waals surface area contributed by atoms with Gasteiger partial charge in [-0.3, -0.25) is 14.2 Å². The second-order valence-electron chi connectivity index (χ2n) is 6.19. The van der Waals surface area contributed by atoms with Crippen LogP contribution in [0.2, 0.25) is 0 Å². The highest BCUT2D eigenvalue weighted by molar-refractivity contribution is 9.10. The molecule has 0 saturated carbocycles. The molecular formula is C17H21BrN2O3S. The molecular weight excluding hydrogens is 392 g/mol. The molecule has 0 spiro atoms. The summed E-state index contributed by atoms with van der Waals surface area (Å²) in [6.45, 7) is 8.25. The first-order chi connectivity index (χ1) is 11.3. The topological polar surface area (TPSA) is 61.2 Å². The van der Waals surface area contributed by atoms with Gasteiger partial charge in [0, 0.05) is 11.0 Å². The fourth-order valence-electron chi connectivity index (χ4n) is 2.23. The molecule has 0 aliphatic carbocycles. The second-order valence-corrected chi connectivity index (χ2v) is 8.05. The van der Waals surface area contributed by atoms with Gasteiger partial charge in [0.25, 0.3) is 5.56 Å². The molecule has 1 aromatic carbocycles. The molecule has 2 rings (SSSR count).